The van der Waals surface area contributed by atoms with Crippen LogP contribution in [-0.2, 0) is 4.79 Å². The van der Waals surface area contributed by atoms with E-state index < -0.39 is 10.5 Å². The predicted octanol–water partition coefficient (Wildman–Crippen LogP) is 2.43. The number of hydroxylamine groups is 1. The second-order valence-corrected chi connectivity index (χ2v) is 5.21. The molecule has 0 aromatic heterocycles. The van der Waals surface area contributed by atoms with Gasteiger partial charge in [0.2, 0.25) is 11.3 Å². The van der Waals surface area contributed by atoms with Gasteiger partial charge >= 0.3 is 0 Å². The monoisotopic (exact) mass is 276 g/mol. The van der Waals surface area contributed by atoms with Gasteiger partial charge in [0.05, 0.1) is 4.92 Å². The molecule has 0 saturated heterocycles. The summed E-state index contributed by atoms with van der Waals surface area (Å²) >= 11 is 0. The van der Waals surface area contributed by atoms with Gasteiger partial charge in [-0.05, 0) is 18.9 Å². The molecular weight excluding hydrogens is 260 g/mol. The fourth-order valence-corrected chi connectivity index (χ4v) is 2.39. The minimum atomic E-state index is -1.05. The molecule has 1 atom stereocenters. The largest absolute Gasteiger partial charge is 0.623 e. The van der Waals surface area contributed by atoms with Crippen LogP contribution in [0.3, 0.4) is 0 Å². The number of nitro groups is 1. The summed E-state index contributed by atoms with van der Waals surface area (Å²) in [4.78, 5) is 22.1. The summed E-state index contributed by atoms with van der Waals surface area (Å²) < 4.78 is 0.646. The summed E-state index contributed by atoms with van der Waals surface area (Å²) in [6.45, 7) is 1.63. The molecule has 0 amide bonds. The average Bonchev–Trinajstić information content (AvgIpc) is 2.42. The number of rotatable bonds is 3. The number of Topliss-reactive ketones (excluding diaryl/α,β-unsaturated/α-hetero) is 1. The molecule has 0 aliphatic heterocycles. The van der Waals surface area contributed by atoms with E-state index in [-0.39, 0.29) is 11.5 Å². The zero-order valence-electron chi connectivity index (χ0n) is 11.2. The molecule has 2 rings (SSSR count). The molecule has 0 bridgehead atoms. The lowest BCUT2D eigenvalue weighted by atomic mass is 9.82. The minimum Gasteiger partial charge on any atom is -0.623 e. The third kappa shape index (κ3) is 2.68. The first kappa shape index (κ1) is 14.2. The van der Waals surface area contributed by atoms with Crippen molar-refractivity contribution < 1.29 is 14.5 Å². The Kier molecular flexibility index (Phi) is 3.83. The molecule has 1 aliphatic rings. The van der Waals surface area contributed by atoms with Crippen LogP contribution in [0, 0.1) is 15.3 Å². The van der Waals surface area contributed by atoms with E-state index in [4.69, 9.17) is 0 Å². The lowest BCUT2D eigenvalue weighted by Gasteiger charge is -2.30. The maximum atomic E-state index is 12.3. The van der Waals surface area contributed by atoms with Crippen LogP contribution in [0.2, 0.25) is 0 Å². The maximum Gasteiger partial charge on any atom is 0.270 e. The van der Waals surface area contributed by atoms with Crippen LogP contribution in [0.4, 0.5) is 5.69 Å². The summed E-state index contributed by atoms with van der Waals surface area (Å²) in [7, 11) is 0. The second-order valence-electron chi connectivity index (χ2n) is 5.21. The number of nitro benzene ring substituents is 1. The van der Waals surface area contributed by atoms with E-state index >= 15 is 0 Å². The molecule has 106 valence electrons. The summed E-state index contributed by atoms with van der Waals surface area (Å²) in [6, 6.07) is 5.80. The van der Waals surface area contributed by atoms with Gasteiger partial charge in [-0.15, -0.1) is 0 Å². The van der Waals surface area contributed by atoms with Crippen LogP contribution >= 0.6 is 0 Å². The molecule has 6 nitrogen and oxygen atoms in total. The lowest BCUT2D eigenvalue weighted by Crippen LogP contribution is -2.46. The van der Waals surface area contributed by atoms with E-state index in [0.29, 0.717) is 23.1 Å². The number of hydrogen-bond acceptors (Lipinski definition) is 4. The van der Waals surface area contributed by atoms with E-state index in [9.17, 15) is 20.1 Å². The van der Waals surface area contributed by atoms with E-state index in [1.807, 2.05) is 0 Å². The van der Waals surface area contributed by atoms with Crippen LogP contribution in [0.15, 0.2) is 24.3 Å². The molecule has 1 aromatic carbocycles. The molecule has 6 heteroatoms. The van der Waals surface area contributed by atoms with Crippen molar-refractivity contribution in [3.8, 4) is 0 Å². The van der Waals surface area contributed by atoms with Gasteiger partial charge in [-0.3, -0.25) is 14.9 Å². The Hall–Kier alpha value is -2.24. The summed E-state index contributed by atoms with van der Waals surface area (Å²) in [6.07, 6.45) is 3.85. The first-order valence-corrected chi connectivity index (χ1v) is 6.52. The van der Waals surface area contributed by atoms with E-state index in [1.165, 1.54) is 24.4 Å². The molecule has 1 aliphatic carbocycles. The third-order valence-corrected chi connectivity index (χ3v) is 3.75. The SMILES string of the molecule is CC1(/[N+]([O-])=C/c2cccc([N+](=O)[O-])c2)CCCCC1=O. The number of non-ortho nitro benzene ring substituents is 1. The fraction of sp³-hybridized carbons (Fsp3) is 0.429. The Balaban J connectivity index is 2.32. The Morgan fingerprint density at radius 1 is 1.30 bits per heavy atom. The maximum absolute atomic E-state index is 12.3. The van der Waals surface area contributed by atoms with Gasteiger partial charge in [0.15, 0.2) is 6.21 Å². The van der Waals surface area contributed by atoms with Crippen molar-refractivity contribution in [3.05, 3.63) is 45.2 Å². The van der Waals surface area contributed by atoms with Gasteiger partial charge in [0.1, 0.15) is 0 Å². The zero-order valence-corrected chi connectivity index (χ0v) is 11.2. The molecule has 0 radical (unpaired) electrons. The van der Waals surface area contributed by atoms with Gasteiger partial charge in [-0.1, -0.05) is 6.07 Å². The van der Waals surface area contributed by atoms with Gasteiger partial charge < -0.3 is 5.21 Å². The zero-order chi connectivity index (χ0) is 14.8. The van der Waals surface area contributed by atoms with E-state index in [0.717, 1.165) is 12.8 Å². The Morgan fingerprint density at radius 3 is 2.70 bits per heavy atom. The molecule has 1 aromatic rings. The second kappa shape index (κ2) is 5.40. The highest BCUT2D eigenvalue weighted by Gasteiger charge is 2.42. The van der Waals surface area contributed by atoms with Crippen molar-refractivity contribution >= 4 is 17.7 Å². The van der Waals surface area contributed by atoms with Crippen molar-refractivity contribution in [2.75, 3.05) is 0 Å². The quantitative estimate of drug-likeness (QED) is 0.279. The molecule has 1 fully saturated rings. The lowest BCUT2D eigenvalue weighted by molar-refractivity contribution is -0.525. The fourth-order valence-electron chi connectivity index (χ4n) is 2.39. The molecule has 0 N–H and O–H groups in total. The first-order valence-electron chi connectivity index (χ1n) is 6.52. The first-order chi connectivity index (χ1) is 9.43. The highest BCUT2D eigenvalue weighted by molar-refractivity contribution is 5.88. The molecular formula is C14H16N2O4. The summed E-state index contributed by atoms with van der Waals surface area (Å²) in [5.41, 5.74) is -0.704. The van der Waals surface area contributed by atoms with Crippen molar-refractivity contribution in [1.29, 1.82) is 0 Å². The van der Waals surface area contributed by atoms with Gasteiger partial charge in [-0.25, -0.2) is 0 Å². The van der Waals surface area contributed by atoms with Gasteiger partial charge in [-0.2, -0.15) is 4.74 Å². The van der Waals surface area contributed by atoms with Gasteiger partial charge in [0.25, 0.3) is 5.69 Å². The van der Waals surface area contributed by atoms with Crippen molar-refractivity contribution in [2.24, 2.45) is 0 Å². The Bertz CT molecular complexity index is 582. The van der Waals surface area contributed by atoms with Crippen molar-refractivity contribution in [2.45, 2.75) is 38.1 Å². The number of benzene rings is 1. The highest BCUT2D eigenvalue weighted by Crippen LogP contribution is 2.27. The molecule has 1 saturated carbocycles. The standard InChI is InChI=1S/C14H16N2O4/c1-14(8-3-2-7-13(14)17)15(18)10-11-5-4-6-12(9-11)16(19)20/h4-6,9-10H,2-3,7-8H2,1H3/b15-10-. The minimum absolute atomic E-state index is 0.0690. The predicted molar refractivity (Wildman–Crippen MR) is 73.8 cm³/mol. The number of carbonyl (C=O) groups excluding carboxylic acids is 1. The number of nitrogens with zero attached hydrogens (tertiary/aromatic N) is 2. The topological polar surface area (TPSA) is 86.3 Å². The Labute approximate surface area is 116 Å². The van der Waals surface area contributed by atoms with Crippen molar-refractivity contribution in [1.82, 2.24) is 0 Å². The molecule has 20 heavy (non-hydrogen) atoms. The molecule has 1 unspecified atom stereocenters. The van der Waals surface area contributed by atoms with Crippen LogP contribution in [0.5, 0.6) is 0 Å². The van der Waals surface area contributed by atoms with Crippen LogP contribution in [0.25, 0.3) is 0 Å². The molecule has 0 spiro atoms. The van der Waals surface area contributed by atoms with Crippen molar-refractivity contribution in [3.63, 3.8) is 0 Å². The number of hydrogen-bond donors (Lipinski definition) is 0. The van der Waals surface area contributed by atoms with Crippen LogP contribution < -0.4 is 0 Å². The van der Waals surface area contributed by atoms with Gasteiger partial charge in [0, 0.05) is 37.5 Å². The molecule has 0 heterocycles. The normalized spacial score (nSPS) is 23.6. The average molecular weight is 276 g/mol. The third-order valence-electron chi connectivity index (χ3n) is 3.75. The van der Waals surface area contributed by atoms with Crippen LogP contribution in [0.1, 0.15) is 38.2 Å². The van der Waals surface area contributed by atoms with Crippen LogP contribution in [-0.4, -0.2) is 27.2 Å². The Morgan fingerprint density at radius 2 is 2.05 bits per heavy atom. The number of carbonyl (C=O) groups is 1. The number of ketones is 1. The highest BCUT2D eigenvalue weighted by atomic mass is 16.6. The summed E-state index contributed by atoms with van der Waals surface area (Å²) in [5.74, 6) is -0.0690. The smallest absolute Gasteiger partial charge is 0.270 e. The summed E-state index contributed by atoms with van der Waals surface area (Å²) in [5, 5.41) is 23.0. The van der Waals surface area contributed by atoms with E-state index in [2.05, 4.69) is 0 Å². The van der Waals surface area contributed by atoms with E-state index in [1.54, 1.807) is 13.0 Å².